The van der Waals surface area contributed by atoms with Crippen LogP contribution >= 0.6 is 0 Å². The molecule has 70 valence electrons. The molecule has 0 atom stereocenters. The summed E-state index contributed by atoms with van der Waals surface area (Å²) in [6.45, 7) is 3.66. The second-order valence-electron chi connectivity index (χ2n) is 3.14. The average Bonchev–Trinajstić information content (AvgIpc) is 2.20. The summed E-state index contributed by atoms with van der Waals surface area (Å²) >= 11 is 0. The number of nitrogens with zero attached hydrogens (tertiary/aromatic N) is 1. The summed E-state index contributed by atoms with van der Waals surface area (Å²) < 4.78 is 0. The van der Waals surface area contributed by atoms with Crippen LogP contribution in [0.1, 0.15) is 5.69 Å². The van der Waals surface area contributed by atoms with Gasteiger partial charge < -0.3 is 5.11 Å². The van der Waals surface area contributed by atoms with Gasteiger partial charge in [0.25, 0.3) is 0 Å². The molecule has 2 heteroatoms. The van der Waals surface area contributed by atoms with Crippen molar-refractivity contribution >= 4 is 10.9 Å². The van der Waals surface area contributed by atoms with E-state index < -0.39 is 0 Å². The molecule has 0 amide bonds. The summed E-state index contributed by atoms with van der Waals surface area (Å²) in [4.78, 5) is 4.34. The molecule has 2 nitrogen and oxygen atoms in total. The van der Waals surface area contributed by atoms with Gasteiger partial charge in [-0.3, -0.25) is 0 Å². The topological polar surface area (TPSA) is 33.1 Å². The number of phenols is 1. The van der Waals surface area contributed by atoms with Gasteiger partial charge in [0.05, 0.1) is 0 Å². The summed E-state index contributed by atoms with van der Waals surface area (Å²) in [6.07, 6.45) is 2.53. The van der Waals surface area contributed by atoms with Crippen molar-refractivity contribution in [2.75, 3.05) is 0 Å². The van der Waals surface area contributed by atoms with Crippen LogP contribution in [0.4, 0.5) is 0 Å². The predicted octanol–water partition coefficient (Wildman–Crippen LogP) is 2.67. The highest BCUT2D eigenvalue weighted by molar-refractivity contribution is 5.84. The molecule has 0 aliphatic heterocycles. The first-order chi connectivity index (χ1) is 6.81. The van der Waals surface area contributed by atoms with E-state index in [1.807, 2.05) is 24.3 Å². The SMILES string of the molecule is C=CCc1ccc2cccc(O)c2n1. The van der Waals surface area contributed by atoms with Crippen LogP contribution in [0.3, 0.4) is 0 Å². The fourth-order valence-corrected chi connectivity index (χ4v) is 1.43. The van der Waals surface area contributed by atoms with Gasteiger partial charge in [0, 0.05) is 17.5 Å². The van der Waals surface area contributed by atoms with Crippen LogP contribution in [0.25, 0.3) is 10.9 Å². The molecule has 0 aliphatic rings. The van der Waals surface area contributed by atoms with E-state index in [1.165, 1.54) is 0 Å². The third-order valence-corrected chi connectivity index (χ3v) is 2.11. The maximum absolute atomic E-state index is 9.58. The van der Waals surface area contributed by atoms with Crippen LogP contribution in [0.5, 0.6) is 5.75 Å². The molecule has 0 bridgehead atoms. The minimum Gasteiger partial charge on any atom is -0.506 e. The van der Waals surface area contributed by atoms with E-state index in [-0.39, 0.29) is 5.75 Å². The van der Waals surface area contributed by atoms with Gasteiger partial charge in [-0.15, -0.1) is 6.58 Å². The molecule has 2 aromatic rings. The Labute approximate surface area is 82.5 Å². The molecule has 14 heavy (non-hydrogen) atoms. The lowest BCUT2D eigenvalue weighted by molar-refractivity contribution is 0.480. The van der Waals surface area contributed by atoms with Gasteiger partial charge in [-0.25, -0.2) is 4.98 Å². The fourth-order valence-electron chi connectivity index (χ4n) is 1.43. The number of para-hydroxylation sites is 1. The summed E-state index contributed by atoms with van der Waals surface area (Å²) in [6, 6.07) is 9.30. The number of fused-ring (bicyclic) bond motifs is 1. The molecule has 1 N–H and O–H groups in total. The van der Waals surface area contributed by atoms with Crippen LogP contribution in [0, 0.1) is 0 Å². The Balaban J connectivity index is 2.63. The Morgan fingerprint density at radius 1 is 1.29 bits per heavy atom. The molecule has 1 aromatic carbocycles. The van der Waals surface area contributed by atoms with Crippen LogP contribution in [-0.4, -0.2) is 10.1 Å². The summed E-state index contributed by atoms with van der Waals surface area (Å²) in [7, 11) is 0. The Hall–Kier alpha value is -1.83. The van der Waals surface area contributed by atoms with E-state index in [0.29, 0.717) is 5.52 Å². The van der Waals surface area contributed by atoms with Crippen molar-refractivity contribution in [3.63, 3.8) is 0 Å². The number of hydrogen-bond acceptors (Lipinski definition) is 2. The molecule has 2 rings (SSSR count). The van der Waals surface area contributed by atoms with E-state index in [1.54, 1.807) is 12.1 Å². The summed E-state index contributed by atoms with van der Waals surface area (Å²) in [5.41, 5.74) is 1.58. The average molecular weight is 185 g/mol. The Morgan fingerprint density at radius 2 is 2.14 bits per heavy atom. The van der Waals surface area contributed by atoms with Crippen molar-refractivity contribution in [1.82, 2.24) is 4.98 Å². The van der Waals surface area contributed by atoms with E-state index in [9.17, 15) is 5.11 Å². The second-order valence-corrected chi connectivity index (χ2v) is 3.14. The summed E-state index contributed by atoms with van der Waals surface area (Å²) in [5, 5.41) is 10.5. The van der Waals surface area contributed by atoms with Gasteiger partial charge in [0.1, 0.15) is 11.3 Å². The molecular weight excluding hydrogens is 174 g/mol. The number of rotatable bonds is 2. The highest BCUT2D eigenvalue weighted by Crippen LogP contribution is 2.22. The van der Waals surface area contributed by atoms with Crippen molar-refractivity contribution in [3.05, 3.63) is 48.7 Å². The van der Waals surface area contributed by atoms with Gasteiger partial charge in [-0.05, 0) is 12.1 Å². The van der Waals surface area contributed by atoms with Crippen molar-refractivity contribution in [1.29, 1.82) is 0 Å². The first-order valence-electron chi connectivity index (χ1n) is 4.50. The largest absolute Gasteiger partial charge is 0.506 e. The molecule has 0 saturated carbocycles. The number of allylic oxidation sites excluding steroid dienone is 1. The maximum atomic E-state index is 9.58. The van der Waals surface area contributed by atoms with Crippen molar-refractivity contribution in [2.45, 2.75) is 6.42 Å². The highest BCUT2D eigenvalue weighted by Gasteiger charge is 2.00. The van der Waals surface area contributed by atoms with Crippen LogP contribution in [0.2, 0.25) is 0 Å². The molecular formula is C12H11NO. The molecule has 0 fully saturated rings. The minimum atomic E-state index is 0.230. The van der Waals surface area contributed by atoms with Gasteiger partial charge in [0.2, 0.25) is 0 Å². The predicted molar refractivity (Wildman–Crippen MR) is 57.3 cm³/mol. The number of phenolic OH excluding ortho intramolecular Hbond substituents is 1. The first-order valence-corrected chi connectivity index (χ1v) is 4.50. The molecule has 1 heterocycles. The van der Waals surface area contributed by atoms with Gasteiger partial charge in [0.15, 0.2) is 0 Å². The van der Waals surface area contributed by atoms with Gasteiger partial charge in [-0.1, -0.05) is 24.3 Å². The van der Waals surface area contributed by atoms with Crippen molar-refractivity contribution in [2.24, 2.45) is 0 Å². The van der Waals surface area contributed by atoms with E-state index in [2.05, 4.69) is 11.6 Å². The number of pyridine rings is 1. The van der Waals surface area contributed by atoms with E-state index in [4.69, 9.17) is 0 Å². The van der Waals surface area contributed by atoms with Crippen LogP contribution in [-0.2, 0) is 6.42 Å². The first kappa shape index (κ1) is 8.75. The Morgan fingerprint density at radius 3 is 2.93 bits per heavy atom. The zero-order chi connectivity index (χ0) is 9.97. The second kappa shape index (κ2) is 3.50. The third kappa shape index (κ3) is 1.46. The van der Waals surface area contributed by atoms with E-state index in [0.717, 1.165) is 17.5 Å². The number of aromatic hydroxyl groups is 1. The number of aromatic nitrogens is 1. The lowest BCUT2D eigenvalue weighted by atomic mass is 10.1. The molecule has 0 radical (unpaired) electrons. The normalized spacial score (nSPS) is 10.3. The quantitative estimate of drug-likeness (QED) is 0.729. The third-order valence-electron chi connectivity index (χ3n) is 2.11. The monoisotopic (exact) mass is 185 g/mol. The van der Waals surface area contributed by atoms with Crippen molar-refractivity contribution in [3.8, 4) is 5.75 Å². The molecule has 1 aromatic heterocycles. The lowest BCUT2D eigenvalue weighted by Gasteiger charge is -2.01. The van der Waals surface area contributed by atoms with Gasteiger partial charge >= 0.3 is 0 Å². The standard InChI is InChI=1S/C12H11NO/c1-2-4-10-8-7-9-5-3-6-11(14)12(9)13-10/h2-3,5-8,14H,1,4H2. The number of benzene rings is 1. The van der Waals surface area contributed by atoms with Crippen LogP contribution < -0.4 is 0 Å². The van der Waals surface area contributed by atoms with Crippen LogP contribution in [0.15, 0.2) is 43.0 Å². The zero-order valence-electron chi connectivity index (χ0n) is 7.77. The lowest BCUT2D eigenvalue weighted by Crippen LogP contribution is -1.88. The molecule has 0 unspecified atom stereocenters. The van der Waals surface area contributed by atoms with Crippen molar-refractivity contribution < 1.29 is 5.11 Å². The number of hydrogen-bond donors (Lipinski definition) is 1. The molecule has 0 saturated heterocycles. The maximum Gasteiger partial charge on any atom is 0.141 e. The summed E-state index contributed by atoms with van der Waals surface area (Å²) in [5.74, 6) is 0.230. The minimum absolute atomic E-state index is 0.230. The molecule has 0 aliphatic carbocycles. The fraction of sp³-hybridized carbons (Fsp3) is 0.0833. The zero-order valence-corrected chi connectivity index (χ0v) is 7.77. The smallest absolute Gasteiger partial charge is 0.141 e. The molecule has 0 spiro atoms. The Kier molecular flexibility index (Phi) is 2.19. The highest BCUT2D eigenvalue weighted by atomic mass is 16.3. The van der Waals surface area contributed by atoms with E-state index >= 15 is 0 Å². The van der Waals surface area contributed by atoms with Gasteiger partial charge in [-0.2, -0.15) is 0 Å². The Bertz CT molecular complexity index is 477.